The Hall–Kier alpha value is -0.870. The lowest BCUT2D eigenvalue weighted by molar-refractivity contribution is -0.134. The molecule has 1 N–H and O–H groups in total. The van der Waals surface area contributed by atoms with Crippen LogP contribution in [0.15, 0.2) is 28.7 Å². The normalized spacial score (nSPS) is 18.6. The summed E-state index contributed by atoms with van der Waals surface area (Å²) in [5.74, 6) is 0.228. The first-order valence-electron chi connectivity index (χ1n) is 7.38. The third kappa shape index (κ3) is 4.06. The van der Waals surface area contributed by atoms with E-state index in [1.165, 1.54) is 12.0 Å². The third-order valence-corrected chi connectivity index (χ3v) is 4.38. The Kier molecular flexibility index (Phi) is 5.61. The molecule has 2 rings (SSSR count). The number of hydrogen-bond donors (Lipinski definition) is 1. The lowest BCUT2D eigenvalue weighted by Crippen LogP contribution is -2.47. The van der Waals surface area contributed by atoms with Crippen molar-refractivity contribution in [3.05, 3.63) is 34.3 Å². The van der Waals surface area contributed by atoms with E-state index < -0.39 is 0 Å². The summed E-state index contributed by atoms with van der Waals surface area (Å²) in [6, 6.07) is 8.24. The molecule has 3 nitrogen and oxygen atoms in total. The number of nitrogens with zero attached hydrogens (tertiary/aromatic N) is 1. The molecule has 110 valence electrons. The molecule has 1 aromatic carbocycles. The Morgan fingerprint density at radius 3 is 2.60 bits per heavy atom. The molecule has 4 heteroatoms. The van der Waals surface area contributed by atoms with E-state index in [1.807, 2.05) is 24.0 Å². The number of hydrogen-bond acceptors (Lipinski definition) is 2. The van der Waals surface area contributed by atoms with Gasteiger partial charge in [-0.15, -0.1) is 0 Å². The maximum Gasteiger partial charge on any atom is 0.239 e. The second-order valence-corrected chi connectivity index (χ2v) is 6.47. The molecule has 20 heavy (non-hydrogen) atoms. The van der Waals surface area contributed by atoms with Crippen molar-refractivity contribution < 1.29 is 4.79 Å². The number of likely N-dealkylation sites (tertiary alicyclic amines) is 1. The molecule has 0 aliphatic carbocycles. The third-order valence-electron chi connectivity index (χ3n) is 3.89. The lowest BCUT2D eigenvalue weighted by Gasteiger charge is -2.30. The van der Waals surface area contributed by atoms with Crippen molar-refractivity contribution in [3.8, 4) is 0 Å². The Bertz CT molecular complexity index is 458. The van der Waals surface area contributed by atoms with Gasteiger partial charge in [0.05, 0.1) is 6.04 Å². The van der Waals surface area contributed by atoms with Gasteiger partial charge >= 0.3 is 0 Å². The van der Waals surface area contributed by atoms with Crippen molar-refractivity contribution in [1.82, 2.24) is 10.2 Å². The molecule has 2 unspecified atom stereocenters. The van der Waals surface area contributed by atoms with Crippen LogP contribution in [0.2, 0.25) is 0 Å². The van der Waals surface area contributed by atoms with E-state index in [4.69, 9.17) is 0 Å². The van der Waals surface area contributed by atoms with E-state index in [-0.39, 0.29) is 18.0 Å². The lowest BCUT2D eigenvalue weighted by atomic mass is 10.1. The van der Waals surface area contributed by atoms with Gasteiger partial charge < -0.3 is 4.90 Å². The molecule has 1 heterocycles. The molecule has 2 atom stereocenters. The Labute approximate surface area is 129 Å². The van der Waals surface area contributed by atoms with Crippen LogP contribution in [0, 0.1) is 0 Å². The minimum Gasteiger partial charge on any atom is -0.341 e. The first kappa shape index (κ1) is 15.5. The molecule has 0 spiro atoms. The van der Waals surface area contributed by atoms with Crippen molar-refractivity contribution in [3.63, 3.8) is 0 Å². The number of carbonyl (C=O) groups is 1. The number of nitrogens with one attached hydrogen (secondary N) is 1. The van der Waals surface area contributed by atoms with Crippen molar-refractivity contribution >= 4 is 21.8 Å². The second kappa shape index (κ2) is 7.23. The van der Waals surface area contributed by atoms with E-state index in [0.717, 1.165) is 30.4 Å². The van der Waals surface area contributed by atoms with E-state index in [0.29, 0.717) is 0 Å². The molecule has 0 aromatic heterocycles. The predicted octanol–water partition coefficient (Wildman–Crippen LogP) is 3.50. The molecule has 1 aromatic rings. The number of amides is 1. The molecule has 0 bridgehead atoms. The fraction of sp³-hybridized carbons (Fsp3) is 0.562. The minimum atomic E-state index is -0.137. The zero-order valence-corrected chi connectivity index (χ0v) is 13.8. The van der Waals surface area contributed by atoms with Crippen molar-refractivity contribution in [2.45, 2.75) is 45.2 Å². The molecular formula is C16H23BrN2O. The van der Waals surface area contributed by atoms with Crippen LogP contribution >= 0.6 is 15.9 Å². The predicted molar refractivity (Wildman–Crippen MR) is 85.6 cm³/mol. The van der Waals surface area contributed by atoms with Crippen LogP contribution in [0.5, 0.6) is 0 Å². The summed E-state index contributed by atoms with van der Waals surface area (Å²) in [4.78, 5) is 14.4. The van der Waals surface area contributed by atoms with Gasteiger partial charge in [0, 0.05) is 23.6 Å². The fourth-order valence-corrected chi connectivity index (χ4v) is 3.12. The van der Waals surface area contributed by atoms with Crippen LogP contribution in [0.3, 0.4) is 0 Å². The Morgan fingerprint density at radius 1 is 1.25 bits per heavy atom. The van der Waals surface area contributed by atoms with Gasteiger partial charge in [0.1, 0.15) is 0 Å². The van der Waals surface area contributed by atoms with E-state index >= 15 is 0 Å². The highest BCUT2D eigenvalue weighted by Crippen LogP contribution is 2.19. The van der Waals surface area contributed by atoms with Crippen molar-refractivity contribution in [2.75, 3.05) is 13.1 Å². The topological polar surface area (TPSA) is 32.3 Å². The van der Waals surface area contributed by atoms with Gasteiger partial charge in [-0.3, -0.25) is 10.1 Å². The molecule has 1 fully saturated rings. The largest absolute Gasteiger partial charge is 0.341 e. The van der Waals surface area contributed by atoms with Gasteiger partial charge in [-0.25, -0.2) is 0 Å². The van der Waals surface area contributed by atoms with E-state index in [2.05, 4.69) is 40.3 Å². The highest BCUT2D eigenvalue weighted by Gasteiger charge is 2.23. The summed E-state index contributed by atoms with van der Waals surface area (Å²) < 4.78 is 1.07. The summed E-state index contributed by atoms with van der Waals surface area (Å²) in [5, 5.41) is 3.41. The summed E-state index contributed by atoms with van der Waals surface area (Å²) in [6.45, 7) is 5.89. The highest BCUT2D eigenvalue weighted by molar-refractivity contribution is 9.10. The average molecular weight is 339 g/mol. The Balaban J connectivity index is 1.92. The van der Waals surface area contributed by atoms with Crippen molar-refractivity contribution in [2.24, 2.45) is 0 Å². The molecule has 1 aliphatic heterocycles. The van der Waals surface area contributed by atoms with Crippen LogP contribution < -0.4 is 5.32 Å². The number of carbonyl (C=O) groups excluding carboxylic acids is 1. The van der Waals surface area contributed by atoms with Crippen LogP contribution in [-0.2, 0) is 4.79 Å². The summed E-state index contributed by atoms with van der Waals surface area (Å²) >= 11 is 3.49. The number of benzene rings is 1. The molecule has 1 amide bonds. The molecule has 0 radical (unpaired) electrons. The summed E-state index contributed by atoms with van der Waals surface area (Å²) in [7, 11) is 0. The smallest absolute Gasteiger partial charge is 0.239 e. The molecule has 0 saturated carbocycles. The first-order chi connectivity index (χ1) is 9.58. The maximum atomic E-state index is 12.4. The van der Waals surface area contributed by atoms with Gasteiger partial charge in [0.2, 0.25) is 5.91 Å². The summed E-state index contributed by atoms with van der Waals surface area (Å²) in [5.41, 5.74) is 1.19. The minimum absolute atomic E-state index is 0.137. The first-order valence-corrected chi connectivity index (χ1v) is 8.17. The SMILES string of the molecule is CC(NC(C)c1cccc(Br)c1)C(=O)N1CCCCC1. The number of halogens is 1. The van der Waals surface area contributed by atoms with E-state index in [1.54, 1.807) is 0 Å². The second-order valence-electron chi connectivity index (χ2n) is 5.55. The van der Waals surface area contributed by atoms with Gasteiger partial charge in [-0.05, 0) is 50.8 Å². The van der Waals surface area contributed by atoms with Crippen molar-refractivity contribution in [1.29, 1.82) is 0 Å². The number of piperidine rings is 1. The number of rotatable bonds is 4. The fourth-order valence-electron chi connectivity index (χ4n) is 2.71. The monoisotopic (exact) mass is 338 g/mol. The Morgan fingerprint density at radius 2 is 1.95 bits per heavy atom. The zero-order valence-electron chi connectivity index (χ0n) is 12.2. The van der Waals surface area contributed by atoms with Crippen LogP contribution in [-0.4, -0.2) is 29.9 Å². The molecule has 1 aliphatic rings. The maximum absolute atomic E-state index is 12.4. The average Bonchev–Trinajstić information content (AvgIpc) is 2.47. The van der Waals surface area contributed by atoms with E-state index in [9.17, 15) is 4.79 Å². The van der Waals surface area contributed by atoms with Crippen LogP contribution in [0.25, 0.3) is 0 Å². The zero-order chi connectivity index (χ0) is 14.5. The highest BCUT2D eigenvalue weighted by atomic mass is 79.9. The standard InChI is InChI=1S/C16H23BrN2O/c1-12(14-7-6-8-15(17)11-14)18-13(2)16(20)19-9-4-3-5-10-19/h6-8,11-13,18H,3-5,9-10H2,1-2H3. The van der Waals surface area contributed by atoms with Gasteiger partial charge in [-0.2, -0.15) is 0 Å². The van der Waals surface area contributed by atoms with Crippen LogP contribution in [0.1, 0.15) is 44.7 Å². The van der Waals surface area contributed by atoms with Crippen LogP contribution in [0.4, 0.5) is 0 Å². The van der Waals surface area contributed by atoms with Gasteiger partial charge in [0.25, 0.3) is 0 Å². The summed E-state index contributed by atoms with van der Waals surface area (Å²) in [6.07, 6.45) is 3.53. The molecular weight excluding hydrogens is 316 g/mol. The quantitative estimate of drug-likeness (QED) is 0.911. The van der Waals surface area contributed by atoms with Gasteiger partial charge in [-0.1, -0.05) is 28.1 Å². The van der Waals surface area contributed by atoms with Gasteiger partial charge in [0.15, 0.2) is 0 Å². The molecule has 1 saturated heterocycles.